The van der Waals surface area contributed by atoms with Gasteiger partial charge in [0.25, 0.3) is 0 Å². The molecule has 2 N–H and O–H groups in total. The van der Waals surface area contributed by atoms with Crippen LogP contribution in [0.2, 0.25) is 0 Å². The first-order valence-corrected chi connectivity index (χ1v) is 4.82. The third-order valence-electron chi connectivity index (χ3n) is 2.34. The molecule has 1 aliphatic heterocycles. The van der Waals surface area contributed by atoms with E-state index in [0.717, 1.165) is 6.92 Å². The zero-order chi connectivity index (χ0) is 15.1. The first-order valence-electron chi connectivity index (χ1n) is 4.82. The second kappa shape index (κ2) is 4.71. The van der Waals surface area contributed by atoms with Gasteiger partial charge in [0.05, 0.1) is 6.61 Å². The van der Waals surface area contributed by atoms with Gasteiger partial charge < -0.3 is 19.9 Å². The fraction of sp³-hybridized carbons (Fsp3) is 0.875. The van der Waals surface area contributed by atoms with Crippen molar-refractivity contribution in [1.82, 2.24) is 0 Å². The molecule has 2 unspecified atom stereocenters. The van der Waals surface area contributed by atoms with Gasteiger partial charge in [-0.1, -0.05) is 0 Å². The molecule has 0 bridgehead atoms. The van der Waals surface area contributed by atoms with Crippen molar-refractivity contribution in [2.75, 3.05) is 6.61 Å². The quantitative estimate of drug-likeness (QED) is 0.788. The highest BCUT2D eigenvalue weighted by Gasteiger charge is 2.77. The molecule has 0 spiro atoms. The van der Waals surface area contributed by atoms with Crippen molar-refractivity contribution >= 4 is 6.09 Å². The van der Waals surface area contributed by atoms with E-state index in [-0.39, 0.29) is 0 Å². The minimum absolute atomic E-state index is 1.03. The maximum atomic E-state index is 12.5. The van der Waals surface area contributed by atoms with Crippen LogP contribution in [0, 0.1) is 0 Å². The van der Waals surface area contributed by atoms with Gasteiger partial charge in [-0.3, -0.25) is 0 Å². The highest BCUT2D eigenvalue weighted by molar-refractivity contribution is 5.64. The molecule has 11 heteroatoms. The van der Waals surface area contributed by atoms with Gasteiger partial charge in [-0.15, -0.1) is 0 Å². The summed E-state index contributed by atoms with van der Waals surface area (Å²) in [6, 6.07) is 0. The molecule has 1 heterocycles. The van der Waals surface area contributed by atoms with Crippen LogP contribution in [0.15, 0.2) is 0 Å². The van der Waals surface area contributed by atoms with Crippen molar-refractivity contribution in [3.05, 3.63) is 0 Å². The molecule has 2 atom stereocenters. The van der Waals surface area contributed by atoms with Gasteiger partial charge >= 0.3 is 24.2 Å². The number of hydrogen-bond donors (Lipinski definition) is 1. The molecule has 0 aromatic rings. The summed E-state index contributed by atoms with van der Waals surface area (Å²) in [5.41, 5.74) is 4.60. The van der Waals surface area contributed by atoms with Gasteiger partial charge in [-0.05, 0) is 6.92 Å². The van der Waals surface area contributed by atoms with Crippen LogP contribution < -0.4 is 5.73 Å². The van der Waals surface area contributed by atoms with E-state index in [1.165, 1.54) is 0 Å². The van der Waals surface area contributed by atoms with E-state index in [4.69, 9.17) is 0 Å². The molecule has 0 saturated carbocycles. The Morgan fingerprint density at radius 2 is 1.79 bits per heavy atom. The molecule has 0 aromatic carbocycles. The Balaban J connectivity index is 2.93. The minimum atomic E-state index is -5.83. The van der Waals surface area contributed by atoms with Crippen LogP contribution in [-0.4, -0.2) is 43.0 Å². The summed E-state index contributed by atoms with van der Waals surface area (Å²) in [4.78, 5) is 10.4. The first kappa shape index (κ1) is 15.8. The van der Waals surface area contributed by atoms with Crippen molar-refractivity contribution in [2.45, 2.75) is 37.3 Å². The van der Waals surface area contributed by atoms with E-state index < -0.39 is 43.0 Å². The Kier molecular flexibility index (Phi) is 3.92. The van der Waals surface area contributed by atoms with E-state index in [9.17, 15) is 31.1 Å². The van der Waals surface area contributed by atoms with Crippen LogP contribution in [0.5, 0.6) is 0 Å². The molecule has 1 rings (SSSR count). The highest BCUT2D eigenvalue weighted by atomic mass is 19.4. The van der Waals surface area contributed by atoms with Crippen molar-refractivity contribution in [2.24, 2.45) is 5.73 Å². The Labute approximate surface area is 102 Å². The second-order valence-electron chi connectivity index (χ2n) is 3.72. The van der Waals surface area contributed by atoms with Crippen LogP contribution in [0.25, 0.3) is 0 Å². The number of hydrogen-bond acceptors (Lipinski definition) is 4. The maximum absolute atomic E-state index is 12.5. The molecule has 0 aromatic heterocycles. The molecule has 1 fully saturated rings. The topological polar surface area (TPSA) is 70.8 Å². The number of rotatable bonds is 2. The van der Waals surface area contributed by atoms with E-state index in [1.54, 1.807) is 0 Å². The van der Waals surface area contributed by atoms with E-state index in [1.807, 2.05) is 0 Å². The third-order valence-corrected chi connectivity index (χ3v) is 2.34. The fourth-order valence-electron chi connectivity index (χ4n) is 1.43. The number of carbonyl (C=O) groups excluding carboxylic acids is 1. The fourth-order valence-corrected chi connectivity index (χ4v) is 1.43. The summed E-state index contributed by atoms with van der Waals surface area (Å²) < 4.78 is 87.0. The molecule has 0 aliphatic carbocycles. The summed E-state index contributed by atoms with van der Waals surface area (Å²) in [5, 5.41) is 0. The Morgan fingerprint density at radius 1 is 1.32 bits per heavy atom. The summed E-state index contributed by atoms with van der Waals surface area (Å²) >= 11 is 0. The monoisotopic (exact) mass is 297 g/mol. The molecule has 112 valence electrons. The summed E-state index contributed by atoms with van der Waals surface area (Å²) in [6.07, 6.45) is -16.2. The zero-order valence-electron chi connectivity index (χ0n) is 9.34. The molecular formula is C8H9F6NO4. The average Bonchev–Trinajstić information content (AvgIpc) is 2.59. The van der Waals surface area contributed by atoms with Gasteiger partial charge in [0, 0.05) is 0 Å². The van der Waals surface area contributed by atoms with Gasteiger partial charge in [0.2, 0.25) is 0 Å². The van der Waals surface area contributed by atoms with Crippen molar-refractivity contribution in [1.29, 1.82) is 0 Å². The lowest BCUT2D eigenvalue weighted by Gasteiger charge is -2.32. The van der Waals surface area contributed by atoms with Crippen LogP contribution in [0.1, 0.15) is 6.92 Å². The van der Waals surface area contributed by atoms with E-state index in [0.29, 0.717) is 0 Å². The molecule has 1 amide bonds. The Bertz CT molecular complexity index is 340. The van der Waals surface area contributed by atoms with Crippen molar-refractivity contribution in [3.63, 3.8) is 0 Å². The zero-order valence-corrected chi connectivity index (χ0v) is 9.34. The third kappa shape index (κ3) is 2.86. The number of amides is 1. The molecule has 0 radical (unpaired) electrons. The lowest BCUT2D eigenvalue weighted by molar-refractivity contribution is -0.444. The van der Waals surface area contributed by atoms with Crippen molar-refractivity contribution in [3.8, 4) is 0 Å². The number of primary amides is 1. The van der Waals surface area contributed by atoms with Crippen LogP contribution in [0.4, 0.5) is 31.1 Å². The molecule has 1 saturated heterocycles. The number of carbonyl (C=O) groups is 1. The van der Waals surface area contributed by atoms with Crippen LogP contribution >= 0.6 is 0 Å². The molecular weight excluding hydrogens is 288 g/mol. The first-order chi connectivity index (χ1) is 8.41. The standard InChI is InChI=1S/C8H9F6NO4/c1-3(18-5(15)16)4-2-17-6(19-4,7(9,10)11)8(12,13)14/h3-4H,2H2,1H3,(H2,15,16). The highest BCUT2D eigenvalue weighted by Crippen LogP contribution is 2.50. The van der Waals surface area contributed by atoms with E-state index in [2.05, 4.69) is 19.9 Å². The summed E-state index contributed by atoms with van der Waals surface area (Å²) in [5.74, 6) is -4.72. The average molecular weight is 297 g/mol. The van der Waals surface area contributed by atoms with Gasteiger partial charge in [0.1, 0.15) is 12.2 Å². The van der Waals surface area contributed by atoms with Crippen LogP contribution in [0.3, 0.4) is 0 Å². The summed E-state index contributed by atoms with van der Waals surface area (Å²) in [6.45, 7) is -0.0188. The summed E-state index contributed by atoms with van der Waals surface area (Å²) in [7, 11) is 0. The van der Waals surface area contributed by atoms with Gasteiger partial charge in [0.15, 0.2) is 0 Å². The Morgan fingerprint density at radius 3 is 2.11 bits per heavy atom. The molecule has 19 heavy (non-hydrogen) atoms. The minimum Gasteiger partial charge on any atom is -0.444 e. The number of halogens is 6. The number of ether oxygens (including phenoxy) is 3. The maximum Gasteiger partial charge on any atom is 0.453 e. The predicted octanol–water partition coefficient (Wildman–Crippen LogP) is 1.71. The number of alkyl halides is 6. The lowest BCUT2D eigenvalue weighted by atomic mass is 10.2. The van der Waals surface area contributed by atoms with Gasteiger partial charge in [-0.2, -0.15) is 26.3 Å². The van der Waals surface area contributed by atoms with Crippen LogP contribution in [-0.2, 0) is 14.2 Å². The smallest absolute Gasteiger partial charge is 0.444 e. The molecule has 5 nitrogen and oxygen atoms in total. The number of nitrogens with two attached hydrogens (primary N) is 1. The normalized spacial score (nSPS) is 25.1. The SMILES string of the molecule is CC(OC(N)=O)C1COC(C(F)(F)F)(C(F)(F)F)O1. The van der Waals surface area contributed by atoms with Crippen molar-refractivity contribution < 1.29 is 45.3 Å². The van der Waals surface area contributed by atoms with E-state index >= 15 is 0 Å². The largest absolute Gasteiger partial charge is 0.453 e. The second-order valence-corrected chi connectivity index (χ2v) is 3.72. The van der Waals surface area contributed by atoms with Gasteiger partial charge in [-0.25, -0.2) is 4.79 Å². The predicted molar refractivity (Wildman–Crippen MR) is 45.8 cm³/mol. The molecule has 1 aliphatic rings. The Hall–Kier alpha value is -1.23. The lowest BCUT2D eigenvalue weighted by Crippen LogP contribution is -2.58.